The van der Waals surface area contributed by atoms with Gasteiger partial charge in [-0.1, -0.05) is 0 Å². The van der Waals surface area contributed by atoms with Crippen molar-refractivity contribution in [1.29, 1.82) is 0 Å². The van der Waals surface area contributed by atoms with Crippen LogP contribution < -0.4 is 0 Å². The highest BCUT2D eigenvalue weighted by Gasteiger charge is 2.06. The van der Waals surface area contributed by atoms with Gasteiger partial charge in [-0.25, -0.2) is 9.59 Å². The Kier molecular flexibility index (Phi) is 5.94. The lowest BCUT2D eigenvalue weighted by Crippen LogP contribution is -2.19. The molecule has 0 spiro atoms. The van der Waals surface area contributed by atoms with Gasteiger partial charge in [0.25, 0.3) is 0 Å². The SMILES string of the molecule is O=C(CO)OCC(=O)OCCO. The standard InChI is InChI=1S/C6H10O6/c7-1-2-11-6(10)4-12-5(9)3-8/h7-8H,1-4H2. The molecule has 0 aromatic rings. The molecule has 0 heterocycles. The molecule has 0 saturated carbocycles. The average Bonchev–Trinajstić information content (AvgIpc) is 2.10. The van der Waals surface area contributed by atoms with E-state index in [0.29, 0.717) is 0 Å². The largest absolute Gasteiger partial charge is 0.461 e. The first-order valence-corrected chi connectivity index (χ1v) is 3.23. The Morgan fingerprint density at radius 3 is 2.25 bits per heavy atom. The number of ether oxygens (including phenoxy) is 2. The first-order valence-electron chi connectivity index (χ1n) is 3.23. The third-order valence-corrected chi connectivity index (χ3v) is 0.834. The second-order valence-electron chi connectivity index (χ2n) is 1.76. The summed E-state index contributed by atoms with van der Waals surface area (Å²) in [6.45, 7) is -1.72. The van der Waals surface area contributed by atoms with E-state index in [-0.39, 0.29) is 13.2 Å². The van der Waals surface area contributed by atoms with E-state index in [1.54, 1.807) is 0 Å². The first kappa shape index (κ1) is 10.9. The third kappa shape index (κ3) is 5.63. The molecule has 0 aliphatic carbocycles. The minimum Gasteiger partial charge on any atom is -0.461 e. The van der Waals surface area contributed by atoms with Crippen LogP contribution in [0.5, 0.6) is 0 Å². The van der Waals surface area contributed by atoms with Crippen LogP contribution in [0.3, 0.4) is 0 Å². The van der Waals surface area contributed by atoms with Crippen LogP contribution in [0.15, 0.2) is 0 Å². The van der Waals surface area contributed by atoms with Gasteiger partial charge in [-0.05, 0) is 0 Å². The summed E-state index contributed by atoms with van der Waals surface area (Å²) in [6, 6.07) is 0. The summed E-state index contributed by atoms with van der Waals surface area (Å²) in [7, 11) is 0. The van der Waals surface area contributed by atoms with Crippen molar-refractivity contribution in [3.63, 3.8) is 0 Å². The molecule has 2 N–H and O–H groups in total. The van der Waals surface area contributed by atoms with E-state index in [2.05, 4.69) is 9.47 Å². The minimum atomic E-state index is -0.893. The lowest BCUT2D eigenvalue weighted by atomic mass is 10.6. The Morgan fingerprint density at radius 2 is 1.75 bits per heavy atom. The van der Waals surface area contributed by atoms with Crippen molar-refractivity contribution in [2.75, 3.05) is 26.4 Å². The fraction of sp³-hybridized carbons (Fsp3) is 0.667. The fourth-order valence-corrected chi connectivity index (χ4v) is 0.386. The van der Waals surface area contributed by atoms with Crippen molar-refractivity contribution < 1.29 is 29.3 Å². The number of hydrogen-bond acceptors (Lipinski definition) is 6. The van der Waals surface area contributed by atoms with Gasteiger partial charge in [0.2, 0.25) is 0 Å². The summed E-state index contributed by atoms with van der Waals surface area (Å²) < 4.78 is 8.54. The van der Waals surface area contributed by atoms with Crippen LogP contribution in [-0.4, -0.2) is 48.6 Å². The van der Waals surface area contributed by atoms with Gasteiger partial charge >= 0.3 is 11.9 Å². The summed E-state index contributed by atoms with van der Waals surface area (Å²) in [6.07, 6.45) is 0. The van der Waals surface area contributed by atoms with E-state index in [1.807, 2.05) is 0 Å². The van der Waals surface area contributed by atoms with Gasteiger partial charge in [-0.3, -0.25) is 0 Å². The molecule has 12 heavy (non-hydrogen) atoms. The molecule has 0 aromatic heterocycles. The Bertz CT molecular complexity index is 154. The molecule has 0 aromatic carbocycles. The Balaban J connectivity index is 3.37. The van der Waals surface area contributed by atoms with Crippen LogP contribution in [0, 0.1) is 0 Å². The van der Waals surface area contributed by atoms with Crippen molar-refractivity contribution in [1.82, 2.24) is 0 Å². The van der Waals surface area contributed by atoms with Gasteiger partial charge in [0.05, 0.1) is 6.61 Å². The summed E-state index contributed by atoms with van der Waals surface area (Å²) in [5, 5.41) is 16.4. The molecule has 6 nitrogen and oxygen atoms in total. The Hall–Kier alpha value is -1.14. The molecule has 0 bridgehead atoms. The zero-order chi connectivity index (χ0) is 9.40. The Morgan fingerprint density at radius 1 is 1.08 bits per heavy atom. The van der Waals surface area contributed by atoms with Crippen molar-refractivity contribution in [3.05, 3.63) is 0 Å². The third-order valence-electron chi connectivity index (χ3n) is 0.834. The number of hydrogen-bond donors (Lipinski definition) is 2. The van der Waals surface area contributed by atoms with Gasteiger partial charge in [0, 0.05) is 0 Å². The van der Waals surface area contributed by atoms with Crippen LogP contribution in [0.25, 0.3) is 0 Å². The van der Waals surface area contributed by atoms with Gasteiger partial charge in [0.1, 0.15) is 13.2 Å². The van der Waals surface area contributed by atoms with E-state index in [9.17, 15) is 9.59 Å². The lowest BCUT2D eigenvalue weighted by molar-refractivity contribution is -0.160. The van der Waals surface area contributed by atoms with Crippen LogP contribution >= 0.6 is 0 Å². The van der Waals surface area contributed by atoms with Crippen molar-refractivity contribution in [2.45, 2.75) is 0 Å². The monoisotopic (exact) mass is 178 g/mol. The van der Waals surface area contributed by atoms with E-state index >= 15 is 0 Å². The fourth-order valence-electron chi connectivity index (χ4n) is 0.386. The van der Waals surface area contributed by atoms with Crippen LogP contribution in [0.2, 0.25) is 0 Å². The molecule has 0 fully saturated rings. The van der Waals surface area contributed by atoms with Crippen LogP contribution in [0.4, 0.5) is 0 Å². The predicted octanol–water partition coefficient (Wildman–Crippen LogP) is -1.94. The van der Waals surface area contributed by atoms with E-state index < -0.39 is 25.2 Å². The van der Waals surface area contributed by atoms with Gasteiger partial charge in [0.15, 0.2) is 6.61 Å². The van der Waals surface area contributed by atoms with Crippen molar-refractivity contribution in [2.24, 2.45) is 0 Å². The molecule has 0 radical (unpaired) electrons. The van der Waals surface area contributed by atoms with Gasteiger partial charge < -0.3 is 19.7 Å². The molecule has 0 rings (SSSR count). The summed E-state index contributed by atoms with van der Waals surface area (Å²) in [5.41, 5.74) is 0. The Labute approximate surface area is 68.7 Å². The maximum Gasteiger partial charge on any atom is 0.344 e. The van der Waals surface area contributed by atoms with Gasteiger partial charge in [-0.2, -0.15) is 0 Å². The highest BCUT2D eigenvalue weighted by atomic mass is 16.6. The quantitative estimate of drug-likeness (QED) is 0.475. The summed E-state index contributed by atoms with van der Waals surface area (Å²) >= 11 is 0. The maximum atomic E-state index is 10.5. The number of carbonyl (C=O) groups excluding carboxylic acids is 2. The molecule has 0 amide bonds. The van der Waals surface area contributed by atoms with E-state index in [4.69, 9.17) is 10.2 Å². The van der Waals surface area contributed by atoms with Crippen molar-refractivity contribution in [3.8, 4) is 0 Å². The van der Waals surface area contributed by atoms with E-state index in [0.717, 1.165) is 0 Å². The highest BCUT2D eigenvalue weighted by molar-refractivity contribution is 5.76. The second-order valence-corrected chi connectivity index (χ2v) is 1.76. The summed E-state index contributed by atoms with van der Waals surface area (Å²) in [5.74, 6) is -1.65. The number of rotatable bonds is 5. The van der Waals surface area contributed by atoms with Crippen molar-refractivity contribution >= 4 is 11.9 Å². The first-order chi connectivity index (χ1) is 5.70. The summed E-state index contributed by atoms with van der Waals surface area (Å²) in [4.78, 5) is 20.8. The minimum absolute atomic E-state index is 0.129. The molecule has 0 unspecified atom stereocenters. The highest BCUT2D eigenvalue weighted by Crippen LogP contribution is 1.82. The number of aliphatic hydroxyl groups excluding tert-OH is 2. The normalized spacial score (nSPS) is 9.17. The number of carbonyl (C=O) groups is 2. The zero-order valence-corrected chi connectivity index (χ0v) is 6.36. The maximum absolute atomic E-state index is 10.5. The smallest absolute Gasteiger partial charge is 0.344 e. The lowest BCUT2D eigenvalue weighted by Gasteiger charge is -2.02. The zero-order valence-electron chi connectivity index (χ0n) is 6.36. The number of esters is 2. The predicted molar refractivity (Wildman–Crippen MR) is 36.1 cm³/mol. The molecular formula is C6H10O6. The number of aliphatic hydroxyl groups is 2. The van der Waals surface area contributed by atoms with Crippen LogP contribution in [0.1, 0.15) is 0 Å². The molecule has 0 aliphatic heterocycles. The molecule has 0 atom stereocenters. The topological polar surface area (TPSA) is 93.1 Å². The molecule has 70 valence electrons. The van der Waals surface area contributed by atoms with Crippen LogP contribution in [-0.2, 0) is 19.1 Å². The molecule has 0 saturated heterocycles. The average molecular weight is 178 g/mol. The molecule has 0 aliphatic rings. The second kappa shape index (κ2) is 6.56. The van der Waals surface area contributed by atoms with E-state index in [1.165, 1.54) is 0 Å². The van der Waals surface area contributed by atoms with Gasteiger partial charge in [-0.15, -0.1) is 0 Å². The molecular weight excluding hydrogens is 168 g/mol. The molecule has 6 heteroatoms.